The van der Waals surface area contributed by atoms with Gasteiger partial charge in [0.05, 0.1) is 0 Å². The third kappa shape index (κ3) is 2730. The van der Waals surface area contributed by atoms with Crippen LogP contribution in [0.3, 0.4) is 0 Å². The number of rotatable bonds is 0. The number of aliphatic hydroxyl groups excluding tert-OH is 1. The van der Waals surface area contributed by atoms with Crippen LogP contribution in [0, 0.1) is 0 Å². The molecule has 0 fully saturated rings. The molecule has 0 aliphatic rings. The Labute approximate surface area is 81.5 Å². The molecule has 0 amide bonds. The summed E-state index contributed by atoms with van der Waals surface area (Å²) in [6, 6.07) is 0. The van der Waals surface area contributed by atoms with Crippen LogP contribution >= 0.6 is 12.4 Å². The van der Waals surface area contributed by atoms with Crippen LogP contribution in [-0.2, 0) is 17.1 Å². The van der Waals surface area contributed by atoms with E-state index in [0.29, 0.717) is 0 Å². The predicted octanol–water partition coefficient (Wildman–Crippen LogP) is -4.53. The molecule has 13 N–H and O–H groups in total. The summed E-state index contributed by atoms with van der Waals surface area (Å²) in [6.45, 7) is 1.93. The van der Waals surface area contributed by atoms with Crippen molar-refractivity contribution >= 4 is 12.4 Å². The Balaban J connectivity index is -0.000000000714. The molecule has 11 heavy (non-hydrogen) atoms. The van der Waals surface area contributed by atoms with Crippen molar-refractivity contribution in [2.75, 3.05) is 6.61 Å². The zero-order valence-electron chi connectivity index (χ0n) is 5.92. The molecule has 0 aromatic rings. The molecule has 0 aromatic carbocycles. The molecule has 7 nitrogen and oxygen atoms in total. The second-order valence-corrected chi connectivity index (χ2v) is 0.316. The molecule has 0 aliphatic heterocycles. The first-order valence-electron chi connectivity index (χ1n) is 1.02. The second-order valence-electron chi connectivity index (χ2n) is 0.316. The summed E-state index contributed by atoms with van der Waals surface area (Å²) in [5, 5.41) is 7.57. The van der Waals surface area contributed by atoms with E-state index in [9.17, 15) is 0 Å². The van der Waals surface area contributed by atoms with Crippen LogP contribution < -0.4 is 0 Å². The summed E-state index contributed by atoms with van der Waals surface area (Å²) in [7, 11) is 0. The Bertz CT molecular complexity index is 16.4. The average Bonchev–Trinajstić information content (AvgIpc) is 0.918. The Morgan fingerprint density at radius 2 is 0.818 bits per heavy atom. The smallest absolute Gasteiger partial charge is 0.0402 e. The van der Waals surface area contributed by atoms with Crippen molar-refractivity contribution in [2.24, 2.45) is 0 Å². The average molecular weight is 246 g/mol. The molecule has 0 heterocycles. The molecular formula is C2H19ClFeO7. The molecule has 0 bridgehead atoms. The third-order valence-corrected chi connectivity index (χ3v) is 0. The van der Waals surface area contributed by atoms with Crippen molar-refractivity contribution in [1.29, 1.82) is 0 Å². The summed E-state index contributed by atoms with van der Waals surface area (Å²) in [4.78, 5) is 0. The Morgan fingerprint density at radius 1 is 0.818 bits per heavy atom. The van der Waals surface area contributed by atoms with Gasteiger partial charge in [-0.2, -0.15) is 0 Å². The van der Waals surface area contributed by atoms with Gasteiger partial charge in [0.15, 0.2) is 0 Å². The molecule has 0 saturated heterocycles. The third-order valence-electron chi connectivity index (χ3n) is 0. The molecule has 0 saturated carbocycles. The van der Waals surface area contributed by atoms with Crippen LogP contribution in [0.1, 0.15) is 6.92 Å². The molecule has 0 unspecified atom stereocenters. The van der Waals surface area contributed by atoms with Crippen molar-refractivity contribution in [2.45, 2.75) is 6.92 Å². The predicted molar refractivity (Wildman–Crippen MR) is 41.7 cm³/mol. The molecule has 0 radical (unpaired) electrons. The normalized spacial score (nSPS) is 1.64. The van der Waals surface area contributed by atoms with Crippen molar-refractivity contribution in [3.8, 4) is 0 Å². The second kappa shape index (κ2) is 409. The van der Waals surface area contributed by atoms with Crippen LogP contribution in [-0.4, -0.2) is 44.6 Å². The summed E-state index contributed by atoms with van der Waals surface area (Å²) in [5.74, 6) is 0. The van der Waals surface area contributed by atoms with Crippen molar-refractivity contribution in [3.63, 3.8) is 0 Å². The topological polar surface area (TPSA) is 209 Å². The van der Waals surface area contributed by atoms with E-state index in [-0.39, 0.29) is 68.9 Å². The number of aliphatic hydroxyl groups is 1. The maximum atomic E-state index is 7.57. The minimum Gasteiger partial charge on any atom is -0.412 e. The summed E-state index contributed by atoms with van der Waals surface area (Å²) >= 11 is 0. The first-order valence-corrected chi connectivity index (χ1v) is 1.02. The summed E-state index contributed by atoms with van der Waals surface area (Å²) < 4.78 is 0. The van der Waals surface area contributed by atoms with E-state index in [1.54, 1.807) is 6.92 Å². The van der Waals surface area contributed by atoms with Crippen molar-refractivity contribution in [3.05, 3.63) is 0 Å². The molecule has 0 spiro atoms. The fourth-order valence-electron chi connectivity index (χ4n) is 0. The zero-order valence-corrected chi connectivity index (χ0v) is 7.84. The van der Waals surface area contributed by atoms with Crippen molar-refractivity contribution < 1.29 is 55.0 Å². The SMILES string of the molecule is CCO.Cl.O.O.O.O.O.O.[Fe]. The van der Waals surface area contributed by atoms with Gasteiger partial charge in [0.2, 0.25) is 0 Å². The fraction of sp³-hybridized carbons (Fsp3) is 1.00. The van der Waals surface area contributed by atoms with E-state index in [2.05, 4.69) is 0 Å². The van der Waals surface area contributed by atoms with Crippen LogP contribution in [0.15, 0.2) is 0 Å². The van der Waals surface area contributed by atoms with Gasteiger partial charge in [0.25, 0.3) is 0 Å². The maximum absolute atomic E-state index is 7.57. The van der Waals surface area contributed by atoms with Gasteiger partial charge in [0, 0.05) is 23.7 Å². The number of hydrogen-bond acceptors (Lipinski definition) is 1. The zero-order chi connectivity index (χ0) is 2.71. The van der Waals surface area contributed by atoms with Gasteiger partial charge >= 0.3 is 0 Å². The monoisotopic (exact) mass is 246 g/mol. The van der Waals surface area contributed by atoms with Crippen LogP contribution in [0.4, 0.5) is 0 Å². The molecular weight excluding hydrogens is 227 g/mol. The number of hydrogen-bond donors (Lipinski definition) is 1. The van der Waals surface area contributed by atoms with Gasteiger partial charge in [-0.25, -0.2) is 0 Å². The van der Waals surface area contributed by atoms with Crippen LogP contribution in [0.2, 0.25) is 0 Å². The quantitative estimate of drug-likeness (QED) is 0.411. The van der Waals surface area contributed by atoms with E-state index >= 15 is 0 Å². The molecule has 0 rings (SSSR count). The standard InChI is InChI=1S/C2H6O.ClH.Fe.6H2O/c1-2-3;;;;;;;;/h3H,2H2,1H3;1H;;6*1H2. The Morgan fingerprint density at radius 3 is 0.818 bits per heavy atom. The fourth-order valence-corrected chi connectivity index (χ4v) is 0. The molecule has 84 valence electrons. The van der Waals surface area contributed by atoms with Gasteiger partial charge in [-0.05, 0) is 6.92 Å². The maximum Gasteiger partial charge on any atom is 0.0402 e. The first kappa shape index (κ1) is 200. The molecule has 0 aliphatic carbocycles. The van der Waals surface area contributed by atoms with E-state index in [4.69, 9.17) is 5.11 Å². The van der Waals surface area contributed by atoms with Gasteiger partial charge in [-0.15, -0.1) is 12.4 Å². The molecule has 0 aromatic heterocycles. The summed E-state index contributed by atoms with van der Waals surface area (Å²) in [6.07, 6.45) is 0. The molecule has 0 atom stereocenters. The Kier molecular flexibility index (Phi) is 7420. The van der Waals surface area contributed by atoms with Gasteiger partial charge in [0.1, 0.15) is 0 Å². The van der Waals surface area contributed by atoms with Gasteiger partial charge in [-0.1, -0.05) is 0 Å². The minimum atomic E-state index is 0. The molecule has 9 heteroatoms. The van der Waals surface area contributed by atoms with Gasteiger partial charge < -0.3 is 38.0 Å². The summed E-state index contributed by atoms with van der Waals surface area (Å²) in [5.41, 5.74) is 0. The van der Waals surface area contributed by atoms with Crippen molar-refractivity contribution in [1.82, 2.24) is 0 Å². The van der Waals surface area contributed by atoms with E-state index in [1.807, 2.05) is 0 Å². The van der Waals surface area contributed by atoms with Crippen LogP contribution in [0.25, 0.3) is 0 Å². The Hall–Kier alpha value is 0.529. The van der Waals surface area contributed by atoms with Gasteiger partial charge in [-0.3, -0.25) is 0 Å². The largest absolute Gasteiger partial charge is 0.412 e. The minimum absolute atomic E-state index is 0. The van der Waals surface area contributed by atoms with E-state index in [1.165, 1.54) is 0 Å². The number of halogens is 1. The first-order chi connectivity index (χ1) is 1.41. The van der Waals surface area contributed by atoms with E-state index < -0.39 is 0 Å². The van der Waals surface area contributed by atoms with E-state index in [0.717, 1.165) is 0 Å². The van der Waals surface area contributed by atoms with Crippen LogP contribution in [0.5, 0.6) is 0 Å².